The number of aryl methyl sites for hydroxylation is 1. The van der Waals surface area contributed by atoms with E-state index in [1.54, 1.807) is 29.2 Å². The van der Waals surface area contributed by atoms with Crippen molar-refractivity contribution in [2.75, 3.05) is 5.32 Å². The Hall–Kier alpha value is -3.42. The highest BCUT2D eigenvalue weighted by atomic mass is 16.2. The van der Waals surface area contributed by atoms with Crippen LogP contribution in [0.1, 0.15) is 74.7 Å². The van der Waals surface area contributed by atoms with Crippen LogP contribution in [0.25, 0.3) is 22.2 Å². The fraction of sp³-hybridized carbons (Fsp3) is 0.417. The number of carbonyl (C=O) groups is 2. The lowest BCUT2D eigenvalue weighted by Crippen LogP contribution is -2.16. The van der Waals surface area contributed by atoms with Crippen LogP contribution in [-0.4, -0.2) is 33.3 Å². The van der Waals surface area contributed by atoms with Crippen LogP contribution in [0, 0.1) is 0 Å². The van der Waals surface area contributed by atoms with Crippen molar-refractivity contribution in [2.24, 2.45) is 12.1 Å². The number of hydrogen-bond donors (Lipinski definition) is 3. The molecule has 8 heteroatoms. The molecule has 0 saturated heterocycles. The van der Waals surface area contributed by atoms with E-state index in [0.29, 0.717) is 17.7 Å². The van der Waals surface area contributed by atoms with Crippen molar-refractivity contribution in [1.29, 1.82) is 0 Å². The van der Waals surface area contributed by atoms with E-state index in [9.17, 15) is 9.59 Å². The van der Waals surface area contributed by atoms with Crippen LogP contribution in [-0.2, 0) is 11.8 Å². The number of amides is 2. The van der Waals surface area contributed by atoms with Crippen molar-refractivity contribution < 1.29 is 9.59 Å². The molecule has 3 heterocycles. The van der Waals surface area contributed by atoms with Gasteiger partial charge in [-0.2, -0.15) is 10.2 Å². The van der Waals surface area contributed by atoms with Gasteiger partial charge in [0.25, 0.3) is 5.91 Å². The molecule has 8 nitrogen and oxygen atoms in total. The van der Waals surface area contributed by atoms with Crippen LogP contribution in [0.4, 0.5) is 5.69 Å². The van der Waals surface area contributed by atoms with Gasteiger partial charge in [-0.1, -0.05) is 58.8 Å². The number of hydrogen-bond acceptors (Lipinski definition) is 4. The Labute approximate surface area is 188 Å². The Bertz CT molecular complexity index is 1090. The molecule has 170 valence electrons. The van der Waals surface area contributed by atoms with Crippen molar-refractivity contribution in [3.8, 4) is 11.3 Å². The standard InChI is InChI=1S/C15H12N6O2.C9H20/c1-21-6-8(4-18-21)14-11-5-17-20-15(23)10-2-9(16-7-22)3-12(19-14)13(10)11;1-3-5-7-9-8-6-4-2/h2-7,19H,1H3,(H,16,22)(H,20,23);3-9H2,1-2H3. The zero-order valence-corrected chi connectivity index (χ0v) is 19.1. The lowest BCUT2D eigenvalue weighted by molar-refractivity contribution is -0.105. The minimum Gasteiger partial charge on any atom is -0.354 e. The van der Waals surface area contributed by atoms with Crippen LogP contribution < -0.4 is 10.7 Å². The monoisotopic (exact) mass is 436 g/mol. The fourth-order valence-corrected chi connectivity index (χ4v) is 3.84. The summed E-state index contributed by atoms with van der Waals surface area (Å²) in [5.41, 5.74) is 6.70. The van der Waals surface area contributed by atoms with Crippen molar-refractivity contribution in [3.63, 3.8) is 0 Å². The summed E-state index contributed by atoms with van der Waals surface area (Å²) in [6.45, 7) is 4.53. The van der Waals surface area contributed by atoms with Crippen LogP contribution in [0.5, 0.6) is 0 Å². The normalized spacial score (nSPS) is 12.2. The number of H-pyrrole nitrogens is 1. The van der Waals surface area contributed by atoms with Crippen molar-refractivity contribution in [1.82, 2.24) is 20.2 Å². The van der Waals surface area contributed by atoms with E-state index in [-0.39, 0.29) is 5.91 Å². The molecule has 32 heavy (non-hydrogen) atoms. The molecule has 0 fully saturated rings. The first-order chi connectivity index (χ1) is 15.6. The van der Waals surface area contributed by atoms with Gasteiger partial charge in [0.1, 0.15) is 0 Å². The van der Waals surface area contributed by atoms with Gasteiger partial charge in [0.15, 0.2) is 0 Å². The SMILES string of the molecule is CCCCCCCCC.Cn1cc(-c2[nH]c3cc(NC=O)cc4c3c2C=NNC4=O)cn1. The summed E-state index contributed by atoms with van der Waals surface area (Å²) in [5, 5.41) is 11.5. The number of benzene rings is 1. The lowest BCUT2D eigenvalue weighted by atomic mass is 10.0. The fourth-order valence-electron chi connectivity index (χ4n) is 3.84. The van der Waals surface area contributed by atoms with E-state index < -0.39 is 0 Å². The van der Waals surface area contributed by atoms with E-state index in [1.807, 2.05) is 13.2 Å². The molecular formula is C24H32N6O2. The van der Waals surface area contributed by atoms with Crippen molar-refractivity contribution in [2.45, 2.75) is 58.8 Å². The maximum absolute atomic E-state index is 12.2. The number of aromatic amines is 1. The summed E-state index contributed by atoms with van der Waals surface area (Å²) in [6.07, 6.45) is 15.8. The molecule has 0 unspecified atom stereocenters. The van der Waals surface area contributed by atoms with E-state index in [1.165, 1.54) is 44.9 Å². The van der Waals surface area contributed by atoms with Gasteiger partial charge in [0.05, 0.1) is 23.7 Å². The number of hydrazone groups is 1. The third kappa shape index (κ3) is 5.43. The summed E-state index contributed by atoms with van der Waals surface area (Å²) < 4.78 is 1.70. The van der Waals surface area contributed by atoms with Crippen LogP contribution >= 0.6 is 0 Å². The first-order valence-corrected chi connectivity index (χ1v) is 11.3. The predicted octanol–water partition coefficient (Wildman–Crippen LogP) is 4.97. The number of anilines is 1. The average Bonchev–Trinajstić information content (AvgIpc) is 3.32. The summed E-state index contributed by atoms with van der Waals surface area (Å²) in [6, 6.07) is 3.41. The Morgan fingerprint density at radius 1 is 1.09 bits per heavy atom. The molecular weight excluding hydrogens is 404 g/mol. The molecule has 2 aromatic heterocycles. The zero-order chi connectivity index (χ0) is 22.9. The Morgan fingerprint density at radius 3 is 2.44 bits per heavy atom. The van der Waals surface area contributed by atoms with E-state index >= 15 is 0 Å². The quantitative estimate of drug-likeness (QED) is 0.326. The molecule has 1 aliphatic rings. The molecule has 1 aromatic carbocycles. The number of aromatic nitrogens is 3. The van der Waals surface area contributed by atoms with Gasteiger partial charge < -0.3 is 10.3 Å². The minimum absolute atomic E-state index is 0.323. The van der Waals surface area contributed by atoms with Crippen molar-refractivity contribution in [3.05, 3.63) is 35.7 Å². The molecule has 0 aliphatic carbocycles. The molecule has 4 rings (SSSR count). The summed E-state index contributed by atoms with van der Waals surface area (Å²) >= 11 is 0. The van der Waals surface area contributed by atoms with Gasteiger partial charge in [-0.3, -0.25) is 14.3 Å². The molecule has 3 N–H and O–H groups in total. The summed E-state index contributed by atoms with van der Waals surface area (Å²) in [4.78, 5) is 26.2. The Kier molecular flexibility index (Phi) is 8.19. The third-order valence-electron chi connectivity index (χ3n) is 5.47. The molecule has 0 atom stereocenters. The molecule has 0 radical (unpaired) electrons. The first kappa shape index (κ1) is 23.2. The molecule has 2 amide bonds. The second kappa shape index (κ2) is 11.3. The number of unbranched alkanes of at least 4 members (excludes halogenated alkanes) is 6. The second-order valence-corrected chi connectivity index (χ2v) is 7.99. The van der Waals surface area contributed by atoms with Gasteiger partial charge in [-0.25, -0.2) is 5.43 Å². The largest absolute Gasteiger partial charge is 0.354 e. The number of nitrogens with zero attached hydrogens (tertiary/aromatic N) is 3. The van der Waals surface area contributed by atoms with E-state index in [2.05, 4.69) is 39.8 Å². The number of carbonyl (C=O) groups excluding carboxylic acids is 2. The third-order valence-corrected chi connectivity index (χ3v) is 5.47. The molecule has 1 aliphatic heterocycles. The maximum atomic E-state index is 12.2. The highest BCUT2D eigenvalue weighted by Gasteiger charge is 2.22. The molecule has 0 bridgehead atoms. The second-order valence-electron chi connectivity index (χ2n) is 7.99. The van der Waals surface area contributed by atoms with Crippen LogP contribution in [0.3, 0.4) is 0 Å². The Balaban J connectivity index is 0.000000275. The van der Waals surface area contributed by atoms with E-state index in [0.717, 1.165) is 27.7 Å². The molecule has 0 saturated carbocycles. The summed E-state index contributed by atoms with van der Waals surface area (Å²) in [5.74, 6) is -0.323. The smallest absolute Gasteiger partial charge is 0.272 e. The Morgan fingerprint density at radius 2 is 1.81 bits per heavy atom. The van der Waals surface area contributed by atoms with Crippen molar-refractivity contribution >= 4 is 35.1 Å². The highest BCUT2D eigenvalue weighted by Crippen LogP contribution is 2.34. The van der Waals surface area contributed by atoms with Crippen LogP contribution in [0.15, 0.2) is 29.6 Å². The lowest BCUT2D eigenvalue weighted by Gasteiger charge is -2.04. The van der Waals surface area contributed by atoms with Gasteiger partial charge in [0.2, 0.25) is 6.41 Å². The van der Waals surface area contributed by atoms with Crippen LogP contribution in [0.2, 0.25) is 0 Å². The predicted molar refractivity (Wildman–Crippen MR) is 129 cm³/mol. The zero-order valence-electron chi connectivity index (χ0n) is 19.1. The topological polar surface area (TPSA) is 104 Å². The van der Waals surface area contributed by atoms with Gasteiger partial charge in [0, 0.05) is 41.0 Å². The average molecular weight is 437 g/mol. The van der Waals surface area contributed by atoms with Gasteiger partial charge in [-0.05, 0) is 12.1 Å². The number of nitrogens with one attached hydrogen (secondary N) is 3. The minimum atomic E-state index is -0.323. The van der Waals surface area contributed by atoms with Gasteiger partial charge in [-0.15, -0.1) is 0 Å². The molecule has 0 spiro atoms. The van der Waals surface area contributed by atoms with Gasteiger partial charge >= 0.3 is 0 Å². The van der Waals surface area contributed by atoms with E-state index in [4.69, 9.17) is 0 Å². The maximum Gasteiger partial charge on any atom is 0.272 e. The molecule has 3 aromatic rings. The highest BCUT2D eigenvalue weighted by molar-refractivity contribution is 6.18. The first-order valence-electron chi connectivity index (χ1n) is 11.3. The summed E-state index contributed by atoms with van der Waals surface area (Å²) in [7, 11) is 1.83. The number of rotatable bonds is 9.